The molecule has 66 valence electrons. The third-order valence-corrected chi connectivity index (χ3v) is 1.80. The van der Waals surface area contributed by atoms with Crippen molar-refractivity contribution in [2.75, 3.05) is 0 Å². The summed E-state index contributed by atoms with van der Waals surface area (Å²) in [6.45, 7) is 8.26. The van der Waals surface area contributed by atoms with Gasteiger partial charge in [0.05, 0.1) is 5.69 Å². The van der Waals surface area contributed by atoms with Crippen molar-refractivity contribution < 1.29 is 5.11 Å². The predicted molar refractivity (Wildman–Crippen MR) is 47.7 cm³/mol. The second-order valence-corrected chi connectivity index (χ2v) is 2.82. The summed E-state index contributed by atoms with van der Waals surface area (Å²) in [5, 5.41) is 13.7. The van der Waals surface area contributed by atoms with E-state index in [1.807, 2.05) is 13.0 Å². The first kappa shape index (κ1) is 9.00. The molecule has 12 heavy (non-hydrogen) atoms. The van der Waals surface area contributed by atoms with Crippen molar-refractivity contribution in [3.8, 4) is 0 Å². The topological polar surface area (TPSA) is 38.1 Å². The van der Waals surface area contributed by atoms with Crippen molar-refractivity contribution >= 4 is 0 Å². The van der Waals surface area contributed by atoms with E-state index in [9.17, 15) is 5.11 Å². The van der Waals surface area contributed by atoms with Crippen LogP contribution in [-0.4, -0.2) is 14.9 Å². The number of hydrogen-bond donors (Lipinski definition) is 1. The predicted octanol–water partition coefficient (Wildman–Crippen LogP) is 1.51. The summed E-state index contributed by atoms with van der Waals surface area (Å²) in [6, 6.07) is 1.81. The second-order valence-electron chi connectivity index (χ2n) is 2.82. The SMILES string of the molecule is C=C(C)C(O)c1ccnn1CC. The minimum atomic E-state index is -0.590. The van der Waals surface area contributed by atoms with E-state index >= 15 is 0 Å². The Bertz CT molecular complexity index is 278. The molecule has 0 radical (unpaired) electrons. The van der Waals surface area contributed by atoms with E-state index in [0.717, 1.165) is 17.8 Å². The molecule has 0 saturated heterocycles. The Labute approximate surface area is 72.3 Å². The largest absolute Gasteiger partial charge is 0.382 e. The van der Waals surface area contributed by atoms with Crippen LogP contribution in [-0.2, 0) is 6.54 Å². The van der Waals surface area contributed by atoms with Crippen LogP contribution in [0.15, 0.2) is 24.4 Å². The molecule has 3 heteroatoms. The second kappa shape index (κ2) is 3.54. The zero-order chi connectivity index (χ0) is 9.14. The van der Waals surface area contributed by atoms with E-state index < -0.39 is 6.10 Å². The number of aromatic nitrogens is 2. The average molecular weight is 166 g/mol. The molecule has 0 saturated carbocycles. The van der Waals surface area contributed by atoms with E-state index in [1.165, 1.54) is 0 Å². The highest BCUT2D eigenvalue weighted by Gasteiger charge is 2.11. The Morgan fingerprint density at radius 1 is 1.83 bits per heavy atom. The Kier molecular flexibility index (Phi) is 2.65. The zero-order valence-electron chi connectivity index (χ0n) is 7.49. The van der Waals surface area contributed by atoms with Crippen molar-refractivity contribution in [3.05, 3.63) is 30.1 Å². The highest BCUT2D eigenvalue weighted by Crippen LogP contribution is 2.18. The monoisotopic (exact) mass is 166 g/mol. The van der Waals surface area contributed by atoms with Crippen LogP contribution in [0, 0.1) is 0 Å². The number of aliphatic hydroxyl groups is 1. The molecule has 1 aromatic heterocycles. The lowest BCUT2D eigenvalue weighted by Crippen LogP contribution is -2.08. The van der Waals surface area contributed by atoms with Crippen LogP contribution in [0.2, 0.25) is 0 Å². The molecule has 0 aliphatic heterocycles. The number of rotatable bonds is 3. The molecule has 0 aliphatic rings. The standard InChI is InChI=1S/C9H14N2O/c1-4-11-8(5-6-10-11)9(12)7(2)3/h5-6,9,12H,2,4H2,1,3H3. The fourth-order valence-electron chi connectivity index (χ4n) is 1.09. The molecule has 1 aromatic rings. The first-order valence-corrected chi connectivity index (χ1v) is 4.02. The van der Waals surface area contributed by atoms with Crippen LogP contribution in [0.1, 0.15) is 25.6 Å². The molecule has 0 bridgehead atoms. The molecule has 0 fully saturated rings. The van der Waals surface area contributed by atoms with Gasteiger partial charge in [0.2, 0.25) is 0 Å². The van der Waals surface area contributed by atoms with Crippen molar-refractivity contribution in [2.24, 2.45) is 0 Å². The molecule has 1 heterocycles. The molecule has 0 aromatic carbocycles. The molecule has 0 spiro atoms. The Morgan fingerprint density at radius 3 is 3.00 bits per heavy atom. The summed E-state index contributed by atoms with van der Waals surface area (Å²) in [5.41, 5.74) is 1.55. The van der Waals surface area contributed by atoms with Gasteiger partial charge in [-0.15, -0.1) is 0 Å². The van der Waals surface area contributed by atoms with Gasteiger partial charge in [0, 0.05) is 12.7 Å². The number of aryl methyl sites for hydroxylation is 1. The normalized spacial score (nSPS) is 12.9. The Balaban J connectivity index is 2.93. The van der Waals surface area contributed by atoms with Crippen molar-refractivity contribution in [1.82, 2.24) is 9.78 Å². The van der Waals surface area contributed by atoms with Gasteiger partial charge in [0.25, 0.3) is 0 Å². The molecule has 3 nitrogen and oxygen atoms in total. The van der Waals surface area contributed by atoms with Crippen LogP contribution in [0.4, 0.5) is 0 Å². The summed E-state index contributed by atoms with van der Waals surface area (Å²) in [5.74, 6) is 0. The van der Waals surface area contributed by atoms with Gasteiger partial charge in [-0.25, -0.2) is 0 Å². The first-order chi connectivity index (χ1) is 5.66. The van der Waals surface area contributed by atoms with Gasteiger partial charge in [-0.1, -0.05) is 6.58 Å². The average Bonchev–Trinajstić information content (AvgIpc) is 2.49. The lowest BCUT2D eigenvalue weighted by Gasteiger charge is -2.11. The van der Waals surface area contributed by atoms with E-state index in [2.05, 4.69) is 11.7 Å². The van der Waals surface area contributed by atoms with Gasteiger partial charge in [0.15, 0.2) is 0 Å². The van der Waals surface area contributed by atoms with Gasteiger partial charge >= 0.3 is 0 Å². The fraction of sp³-hybridized carbons (Fsp3) is 0.444. The number of aliphatic hydroxyl groups excluding tert-OH is 1. The van der Waals surface area contributed by atoms with Crippen molar-refractivity contribution in [2.45, 2.75) is 26.5 Å². The van der Waals surface area contributed by atoms with E-state index in [4.69, 9.17) is 0 Å². The van der Waals surface area contributed by atoms with Crippen LogP contribution in [0.5, 0.6) is 0 Å². The quantitative estimate of drug-likeness (QED) is 0.691. The third-order valence-electron chi connectivity index (χ3n) is 1.80. The maximum Gasteiger partial charge on any atom is 0.116 e. The summed E-state index contributed by atoms with van der Waals surface area (Å²) in [4.78, 5) is 0. The van der Waals surface area contributed by atoms with E-state index in [-0.39, 0.29) is 0 Å². The Morgan fingerprint density at radius 2 is 2.50 bits per heavy atom. The molecular formula is C9H14N2O. The summed E-state index contributed by atoms with van der Waals surface area (Å²) < 4.78 is 1.76. The van der Waals surface area contributed by atoms with Gasteiger partial charge in [0.1, 0.15) is 6.10 Å². The number of nitrogens with zero attached hydrogens (tertiary/aromatic N) is 2. The van der Waals surface area contributed by atoms with E-state index in [1.54, 1.807) is 17.8 Å². The summed E-state index contributed by atoms with van der Waals surface area (Å²) >= 11 is 0. The minimum absolute atomic E-state index is 0.590. The van der Waals surface area contributed by atoms with Crippen molar-refractivity contribution in [3.63, 3.8) is 0 Å². The smallest absolute Gasteiger partial charge is 0.116 e. The zero-order valence-corrected chi connectivity index (χ0v) is 7.49. The molecule has 1 atom stereocenters. The maximum absolute atomic E-state index is 9.64. The molecule has 0 aliphatic carbocycles. The lowest BCUT2D eigenvalue weighted by atomic mass is 10.1. The minimum Gasteiger partial charge on any atom is -0.382 e. The van der Waals surface area contributed by atoms with Gasteiger partial charge < -0.3 is 5.11 Å². The lowest BCUT2D eigenvalue weighted by molar-refractivity contribution is 0.204. The van der Waals surface area contributed by atoms with Gasteiger partial charge in [-0.3, -0.25) is 4.68 Å². The maximum atomic E-state index is 9.64. The van der Waals surface area contributed by atoms with Gasteiger partial charge in [-0.05, 0) is 25.5 Å². The van der Waals surface area contributed by atoms with E-state index in [0.29, 0.717) is 0 Å². The molecule has 1 rings (SSSR count). The highest BCUT2D eigenvalue weighted by molar-refractivity contribution is 5.15. The number of hydrogen-bond acceptors (Lipinski definition) is 2. The van der Waals surface area contributed by atoms with Crippen LogP contribution in [0.3, 0.4) is 0 Å². The van der Waals surface area contributed by atoms with Crippen LogP contribution in [0.25, 0.3) is 0 Å². The van der Waals surface area contributed by atoms with Crippen LogP contribution < -0.4 is 0 Å². The molecular weight excluding hydrogens is 152 g/mol. The summed E-state index contributed by atoms with van der Waals surface area (Å²) in [7, 11) is 0. The fourth-order valence-corrected chi connectivity index (χ4v) is 1.09. The van der Waals surface area contributed by atoms with Crippen molar-refractivity contribution in [1.29, 1.82) is 0 Å². The Hall–Kier alpha value is -1.09. The molecule has 1 N–H and O–H groups in total. The highest BCUT2D eigenvalue weighted by atomic mass is 16.3. The first-order valence-electron chi connectivity index (χ1n) is 4.02. The van der Waals surface area contributed by atoms with Gasteiger partial charge in [-0.2, -0.15) is 5.10 Å². The molecule has 0 amide bonds. The van der Waals surface area contributed by atoms with Crippen LogP contribution >= 0.6 is 0 Å². The summed E-state index contributed by atoms with van der Waals surface area (Å²) in [6.07, 6.45) is 1.10. The third kappa shape index (κ3) is 1.56. The molecule has 1 unspecified atom stereocenters.